The third-order valence-electron chi connectivity index (χ3n) is 3.38. The molecule has 1 aliphatic rings. The van der Waals surface area contributed by atoms with Gasteiger partial charge in [0.15, 0.2) is 0 Å². The zero-order valence-corrected chi connectivity index (χ0v) is 12.6. The van der Waals surface area contributed by atoms with Crippen molar-refractivity contribution in [2.75, 3.05) is 26.2 Å². The van der Waals surface area contributed by atoms with Crippen LogP contribution in [0.4, 0.5) is 5.69 Å². The molecule has 8 nitrogen and oxygen atoms in total. The second kappa shape index (κ2) is 8.04. The molecule has 4 N–H and O–H groups in total. The number of carbonyl (C=O) groups is 2. The first-order valence-electron chi connectivity index (χ1n) is 7.23. The van der Waals surface area contributed by atoms with Crippen LogP contribution < -0.4 is 11.2 Å². The largest absolute Gasteiger partial charge is 0.481 e. The molecule has 0 spiro atoms. The number of piperazine rings is 1. The number of hydrazone groups is 1. The number of carboxylic acids is 1. The van der Waals surface area contributed by atoms with Crippen LogP contribution in [0, 0.1) is 0 Å². The molecule has 0 bridgehead atoms. The van der Waals surface area contributed by atoms with Gasteiger partial charge in [0, 0.05) is 31.7 Å². The first kappa shape index (κ1) is 16.6. The Hall–Kier alpha value is -2.74. The number of nitrogens with zero attached hydrogens (tertiary/aromatic N) is 3. The third-order valence-corrected chi connectivity index (χ3v) is 3.38. The predicted molar refractivity (Wildman–Crippen MR) is 87.2 cm³/mol. The molecular formula is C15H19N5O3. The van der Waals surface area contributed by atoms with Crippen LogP contribution in [-0.2, 0) is 4.79 Å². The van der Waals surface area contributed by atoms with Gasteiger partial charge in [0.1, 0.15) is 0 Å². The first-order valence-corrected chi connectivity index (χ1v) is 7.23. The average Bonchev–Trinajstić information content (AvgIpc) is 2.59. The molecule has 1 aromatic rings. The molecule has 0 atom stereocenters. The van der Waals surface area contributed by atoms with Gasteiger partial charge in [-0.15, -0.1) is 0 Å². The number of nitrogens with one attached hydrogen (secondary N) is 1. The van der Waals surface area contributed by atoms with Crippen LogP contribution in [0.25, 0.3) is 0 Å². The molecule has 1 aliphatic heterocycles. The van der Waals surface area contributed by atoms with Crippen LogP contribution in [-0.4, -0.2) is 60.0 Å². The highest BCUT2D eigenvalue weighted by molar-refractivity contribution is 6.34. The number of hydrogen-bond acceptors (Lipinski definition) is 6. The molecule has 23 heavy (non-hydrogen) atoms. The minimum absolute atomic E-state index is 0.00267. The molecule has 0 aliphatic carbocycles. The molecule has 8 heteroatoms. The maximum atomic E-state index is 12.3. The van der Waals surface area contributed by atoms with Gasteiger partial charge < -0.3 is 21.2 Å². The molecule has 1 saturated heterocycles. The van der Waals surface area contributed by atoms with Crippen LogP contribution in [0.15, 0.2) is 34.4 Å². The number of amides is 1. The molecule has 1 heterocycles. The predicted octanol–water partition coefficient (Wildman–Crippen LogP) is 0.224. The fourth-order valence-electron chi connectivity index (χ4n) is 2.17. The molecule has 0 unspecified atom stereocenters. The highest BCUT2D eigenvalue weighted by Crippen LogP contribution is 2.14. The van der Waals surface area contributed by atoms with E-state index in [-0.39, 0.29) is 18.0 Å². The number of aliphatic imine (C=N–C) groups is 1. The number of carboxylic acid groups (broad SMARTS) is 1. The summed E-state index contributed by atoms with van der Waals surface area (Å²) < 4.78 is 0. The molecule has 1 aromatic carbocycles. The number of nitrogens with two attached hydrogens (primary N) is 1. The fraction of sp³-hybridized carbons (Fsp3) is 0.333. The monoisotopic (exact) mass is 317 g/mol. The van der Waals surface area contributed by atoms with Crippen molar-refractivity contribution in [3.8, 4) is 0 Å². The van der Waals surface area contributed by atoms with Crippen molar-refractivity contribution in [3.05, 3.63) is 29.8 Å². The molecule has 2 rings (SSSR count). The van der Waals surface area contributed by atoms with Crippen molar-refractivity contribution in [3.63, 3.8) is 0 Å². The summed E-state index contributed by atoms with van der Waals surface area (Å²) in [6.45, 7) is 3.01. The Kier molecular flexibility index (Phi) is 5.81. The van der Waals surface area contributed by atoms with Crippen molar-refractivity contribution >= 4 is 29.5 Å². The van der Waals surface area contributed by atoms with E-state index in [9.17, 15) is 9.59 Å². The minimum atomic E-state index is -1.03. The maximum Gasteiger partial charge on any atom is 0.309 e. The topological polar surface area (TPSA) is 120 Å². The van der Waals surface area contributed by atoms with Crippen LogP contribution in [0.2, 0.25) is 0 Å². The Morgan fingerprint density at radius 3 is 2.48 bits per heavy atom. The van der Waals surface area contributed by atoms with Crippen LogP contribution in [0.1, 0.15) is 16.8 Å². The van der Waals surface area contributed by atoms with Gasteiger partial charge in [-0.1, -0.05) is 0 Å². The summed E-state index contributed by atoms with van der Waals surface area (Å²) in [6, 6.07) is 6.79. The molecule has 1 fully saturated rings. The maximum absolute atomic E-state index is 12.3. The summed E-state index contributed by atoms with van der Waals surface area (Å²) in [6.07, 6.45) is 1.01. The average molecular weight is 317 g/mol. The van der Waals surface area contributed by atoms with Gasteiger partial charge in [0.2, 0.25) is 0 Å². The lowest BCUT2D eigenvalue weighted by Crippen LogP contribution is -2.46. The van der Waals surface area contributed by atoms with E-state index >= 15 is 0 Å². The van der Waals surface area contributed by atoms with E-state index in [0.29, 0.717) is 24.3 Å². The van der Waals surface area contributed by atoms with Crippen LogP contribution >= 0.6 is 0 Å². The first-order chi connectivity index (χ1) is 11.1. The van der Waals surface area contributed by atoms with Gasteiger partial charge in [-0.25, -0.2) is 0 Å². The summed E-state index contributed by atoms with van der Waals surface area (Å²) in [7, 11) is 0. The van der Waals surface area contributed by atoms with E-state index < -0.39 is 5.97 Å². The standard InChI is InChI=1S/C15H19N5O3/c16-19-13(9-14(21)22)10-18-12-3-1-11(2-4-12)15(23)20-7-5-17-6-8-20/h1-4,10,17H,5-9,16H2,(H,21,22). The minimum Gasteiger partial charge on any atom is -0.481 e. The Balaban J connectivity index is 2.01. The molecule has 0 saturated carbocycles. The van der Waals surface area contributed by atoms with E-state index in [1.807, 2.05) is 0 Å². The van der Waals surface area contributed by atoms with Gasteiger partial charge in [0.25, 0.3) is 5.91 Å². The molecule has 1 amide bonds. The number of carbonyl (C=O) groups excluding carboxylic acids is 1. The van der Waals surface area contributed by atoms with Crippen molar-refractivity contribution in [2.24, 2.45) is 15.9 Å². The lowest BCUT2D eigenvalue weighted by Gasteiger charge is -2.27. The number of hydrogen-bond donors (Lipinski definition) is 3. The van der Waals surface area contributed by atoms with E-state index in [0.717, 1.165) is 13.1 Å². The number of aliphatic carboxylic acids is 1. The van der Waals surface area contributed by atoms with Crippen molar-refractivity contribution in [2.45, 2.75) is 6.42 Å². The fourth-order valence-corrected chi connectivity index (χ4v) is 2.17. The molecule has 0 aromatic heterocycles. The van der Waals surface area contributed by atoms with Gasteiger partial charge >= 0.3 is 5.97 Å². The van der Waals surface area contributed by atoms with Crippen molar-refractivity contribution in [1.82, 2.24) is 10.2 Å². The number of benzene rings is 1. The van der Waals surface area contributed by atoms with E-state index in [4.69, 9.17) is 10.9 Å². The normalized spacial score (nSPS) is 15.8. The summed E-state index contributed by atoms with van der Waals surface area (Å²) in [5.74, 6) is 4.08. The molecule has 0 radical (unpaired) electrons. The SMILES string of the molecule is NN=C(C=Nc1ccc(C(=O)N2CCNCC2)cc1)CC(=O)O. The highest BCUT2D eigenvalue weighted by Gasteiger charge is 2.17. The van der Waals surface area contributed by atoms with Crippen LogP contribution in [0.3, 0.4) is 0 Å². The van der Waals surface area contributed by atoms with E-state index in [1.54, 1.807) is 29.2 Å². The Morgan fingerprint density at radius 2 is 1.91 bits per heavy atom. The second-order valence-corrected chi connectivity index (χ2v) is 5.04. The second-order valence-electron chi connectivity index (χ2n) is 5.04. The van der Waals surface area contributed by atoms with Gasteiger partial charge in [-0.05, 0) is 24.3 Å². The van der Waals surface area contributed by atoms with Crippen LogP contribution in [0.5, 0.6) is 0 Å². The zero-order valence-electron chi connectivity index (χ0n) is 12.6. The lowest BCUT2D eigenvalue weighted by molar-refractivity contribution is -0.135. The molecular weight excluding hydrogens is 298 g/mol. The van der Waals surface area contributed by atoms with Gasteiger partial charge in [0.05, 0.1) is 24.0 Å². The summed E-state index contributed by atoms with van der Waals surface area (Å²) in [4.78, 5) is 28.8. The summed E-state index contributed by atoms with van der Waals surface area (Å²) in [5.41, 5.74) is 1.36. The third kappa shape index (κ3) is 4.89. The highest BCUT2D eigenvalue weighted by atomic mass is 16.4. The zero-order chi connectivity index (χ0) is 16.7. The lowest BCUT2D eigenvalue weighted by atomic mass is 10.1. The van der Waals surface area contributed by atoms with E-state index in [2.05, 4.69) is 15.4 Å². The number of rotatable bonds is 5. The summed E-state index contributed by atoms with van der Waals surface area (Å²) >= 11 is 0. The smallest absolute Gasteiger partial charge is 0.309 e. The van der Waals surface area contributed by atoms with E-state index in [1.165, 1.54) is 6.21 Å². The Bertz CT molecular complexity index is 619. The summed E-state index contributed by atoms with van der Waals surface area (Å²) in [5, 5.41) is 15.3. The quantitative estimate of drug-likeness (QED) is 0.408. The Labute approximate surface area is 133 Å². The van der Waals surface area contributed by atoms with Gasteiger partial charge in [-0.2, -0.15) is 5.10 Å². The van der Waals surface area contributed by atoms with Crippen molar-refractivity contribution < 1.29 is 14.7 Å². The Morgan fingerprint density at radius 1 is 1.26 bits per heavy atom. The molecule has 122 valence electrons. The van der Waals surface area contributed by atoms with Gasteiger partial charge in [-0.3, -0.25) is 14.6 Å². The van der Waals surface area contributed by atoms with Crippen molar-refractivity contribution in [1.29, 1.82) is 0 Å².